The Balaban J connectivity index is 1.83. The van der Waals surface area contributed by atoms with Crippen LogP contribution in [0.25, 0.3) is 10.9 Å². The lowest BCUT2D eigenvalue weighted by Crippen LogP contribution is -2.48. The lowest BCUT2D eigenvalue weighted by molar-refractivity contribution is 0.0714. The molecule has 0 bridgehead atoms. The summed E-state index contributed by atoms with van der Waals surface area (Å²) in [7, 11) is -2.07. The molecule has 0 radical (unpaired) electrons. The Labute approximate surface area is 189 Å². The molecule has 0 unspecified atom stereocenters. The summed E-state index contributed by atoms with van der Waals surface area (Å²) in [5.41, 5.74) is 1.81. The third kappa shape index (κ3) is 5.54. The standard InChI is InChI=1S/C23H30ClN3O3Si/c1-23(2,3)31(4,5)30-14-19(21(28)15-9-7-6-8-10-15)27-22(29)17-11-16-12-20(24)25-13-18(16)26-17/h6-13,19,21,26,28H,14H2,1-5H3,(H,27,29)/t19-,21-/m0/s1. The summed E-state index contributed by atoms with van der Waals surface area (Å²) >= 11 is 5.95. The highest BCUT2D eigenvalue weighted by atomic mass is 35.5. The van der Waals surface area contributed by atoms with Crippen LogP contribution in [-0.2, 0) is 4.43 Å². The molecule has 1 amide bonds. The van der Waals surface area contributed by atoms with E-state index in [0.29, 0.717) is 16.4 Å². The van der Waals surface area contributed by atoms with Gasteiger partial charge in [0.05, 0.1) is 24.4 Å². The Kier molecular flexibility index (Phi) is 6.91. The number of rotatable bonds is 7. The number of hydrogen-bond donors (Lipinski definition) is 3. The average molecular weight is 460 g/mol. The molecule has 31 heavy (non-hydrogen) atoms. The molecule has 1 aromatic carbocycles. The van der Waals surface area contributed by atoms with E-state index in [-0.39, 0.29) is 17.6 Å². The van der Waals surface area contributed by atoms with Gasteiger partial charge >= 0.3 is 0 Å². The summed E-state index contributed by atoms with van der Waals surface area (Å²) in [4.78, 5) is 20.1. The molecule has 2 atom stereocenters. The fourth-order valence-corrected chi connectivity index (χ4v) is 4.18. The number of benzene rings is 1. The van der Waals surface area contributed by atoms with Crippen LogP contribution in [0.3, 0.4) is 0 Å². The van der Waals surface area contributed by atoms with E-state index in [1.165, 1.54) is 0 Å². The van der Waals surface area contributed by atoms with Gasteiger partial charge in [-0.05, 0) is 35.8 Å². The van der Waals surface area contributed by atoms with Gasteiger partial charge in [-0.2, -0.15) is 0 Å². The first-order valence-electron chi connectivity index (χ1n) is 10.3. The number of fused-ring (bicyclic) bond motifs is 1. The molecular formula is C23H30ClN3O3Si. The third-order valence-electron chi connectivity index (χ3n) is 5.99. The van der Waals surface area contributed by atoms with E-state index in [0.717, 1.165) is 10.9 Å². The SMILES string of the molecule is CC(C)(C)[Si](C)(C)OC[C@H](NC(=O)c1cc2cc(Cl)ncc2[nH]1)[C@@H](O)c1ccccc1. The molecule has 0 fully saturated rings. The van der Waals surface area contributed by atoms with Gasteiger partial charge in [-0.25, -0.2) is 4.98 Å². The number of aliphatic hydroxyl groups is 1. The molecule has 3 rings (SSSR count). The van der Waals surface area contributed by atoms with E-state index < -0.39 is 20.5 Å². The van der Waals surface area contributed by atoms with Gasteiger partial charge in [0.2, 0.25) is 0 Å². The summed E-state index contributed by atoms with van der Waals surface area (Å²) in [6.45, 7) is 11.0. The number of nitrogens with zero attached hydrogens (tertiary/aromatic N) is 1. The second-order valence-electron chi connectivity index (χ2n) is 9.28. The zero-order valence-electron chi connectivity index (χ0n) is 18.6. The van der Waals surface area contributed by atoms with E-state index in [9.17, 15) is 9.90 Å². The first-order chi connectivity index (χ1) is 14.5. The number of aromatic amines is 1. The maximum atomic E-state index is 13.0. The molecule has 2 aromatic heterocycles. The molecule has 0 saturated carbocycles. The van der Waals surface area contributed by atoms with Crippen LogP contribution in [-0.4, -0.2) is 41.9 Å². The fourth-order valence-electron chi connectivity index (χ4n) is 2.98. The minimum atomic E-state index is -2.07. The first-order valence-corrected chi connectivity index (χ1v) is 13.6. The van der Waals surface area contributed by atoms with Crippen molar-refractivity contribution in [2.75, 3.05) is 6.61 Å². The summed E-state index contributed by atoms with van der Waals surface area (Å²) in [5.74, 6) is -0.328. The van der Waals surface area contributed by atoms with Crippen LogP contribution < -0.4 is 5.32 Å². The zero-order valence-corrected chi connectivity index (χ0v) is 20.3. The van der Waals surface area contributed by atoms with E-state index in [4.69, 9.17) is 16.0 Å². The molecule has 0 aliphatic carbocycles. The Morgan fingerprint density at radius 2 is 1.94 bits per heavy atom. The van der Waals surface area contributed by atoms with Crippen molar-refractivity contribution in [3.63, 3.8) is 0 Å². The predicted octanol–water partition coefficient (Wildman–Crippen LogP) is 5.07. The number of carbonyl (C=O) groups is 1. The van der Waals surface area contributed by atoms with E-state index in [2.05, 4.69) is 49.1 Å². The average Bonchev–Trinajstić information content (AvgIpc) is 3.13. The lowest BCUT2D eigenvalue weighted by atomic mass is 10.0. The normalized spacial score (nSPS) is 14.4. The highest BCUT2D eigenvalue weighted by Crippen LogP contribution is 2.37. The van der Waals surface area contributed by atoms with Crippen LogP contribution in [0.4, 0.5) is 0 Å². The van der Waals surface area contributed by atoms with Gasteiger partial charge in [0.25, 0.3) is 5.91 Å². The number of aromatic nitrogens is 2. The number of carbonyl (C=O) groups excluding carboxylic acids is 1. The minimum Gasteiger partial charge on any atom is -0.415 e. The van der Waals surface area contributed by atoms with Crippen LogP contribution in [0.5, 0.6) is 0 Å². The van der Waals surface area contributed by atoms with Gasteiger partial charge in [0.1, 0.15) is 17.0 Å². The zero-order chi connectivity index (χ0) is 22.8. The van der Waals surface area contributed by atoms with E-state index >= 15 is 0 Å². The molecule has 0 saturated heterocycles. The van der Waals surface area contributed by atoms with Crippen LogP contribution in [0, 0.1) is 0 Å². The number of hydrogen-bond acceptors (Lipinski definition) is 4. The summed E-state index contributed by atoms with van der Waals surface area (Å²) in [6, 6.07) is 12.1. The fraction of sp³-hybridized carbons (Fsp3) is 0.391. The lowest BCUT2D eigenvalue weighted by Gasteiger charge is -2.38. The Morgan fingerprint density at radius 3 is 2.58 bits per heavy atom. The quantitative estimate of drug-likeness (QED) is 0.340. The van der Waals surface area contributed by atoms with Gasteiger partial charge in [0.15, 0.2) is 8.32 Å². The molecule has 166 valence electrons. The smallest absolute Gasteiger partial charge is 0.268 e. The van der Waals surface area contributed by atoms with Crippen molar-refractivity contribution in [2.24, 2.45) is 0 Å². The van der Waals surface area contributed by atoms with Crippen molar-refractivity contribution in [1.82, 2.24) is 15.3 Å². The highest BCUT2D eigenvalue weighted by molar-refractivity contribution is 6.74. The molecule has 0 aliphatic heterocycles. The predicted molar refractivity (Wildman–Crippen MR) is 127 cm³/mol. The number of nitrogens with one attached hydrogen (secondary N) is 2. The molecule has 3 N–H and O–H groups in total. The van der Waals surface area contributed by atoms with Gasteiger partial charge in [-0.3, -0.25) is 4.79 Å². The molecule has 2 heterocycles. The molecule has 0 aliphatic rings. The van der Waals surface area contributed by atoms with Crippen molar-refractivity contribution in [3.8, 4) is 0 Å². The number of pyridine rings is 1. The number of H-pyrrole nitrogens is 1. The van der Waals surface area contributed by atoms with Gasteiger partial charge in [-0.1, -0.05) is 62.7 Å². The van der Waals surface area contributed by atoms with Crippen molar-refractivity contribution in [2.45, 2.75) is 51.0 Å². The maximum absolute atomic E-state index is 13.0. The molecule has 6 nitrogen and oxygen atoms in total. The van der Waals surface area contributed by atoms with Crippen LogP contribution in [0.1, 0.15) is 42.9 Å². The van der Waals surface area contributed by atoms with Crippen molar-refractivity contribution < 1.29 is 14.3 Å². The number of halogens is 1. The second-order valence-corrected chi connectivity index (χ2v) is 14.5. The Morgan fingerprint density at radius 1 is 1.26 bits per heavy atom. The van der Waals surface area contributed by atoms with Gasteiger partial charge in [-0.15, -0.1) is 0 Å². The number of amides is 1. The van der Waals surface area contributed by atoms with Crippen molar-refractivity contribution in [3.05, 3.63) is 65.1 Å². The maximum Gasteiger partial charge on any atom is 0.268 e. The molecule has 8 heteroatoms. The first kappa shape index (κ1) is 23.5. The van der Waals surface area contributed by atoms with Crippen LogP contribution in [0.15, 0.2) is 48.7 Å². The van der Waals surface area contributed by atoms with E-state index in [1.807, 2.05) is 30.3 Å². The van der Waals surface area contributed by atoms with Gasteiger partial charge in [0, 0.05) is 5.39 Å². The highest BCUT2D eigenvalue weighted by Gasteiger charge is 2.38. The van der Waals surface area contributed by atoms with Crippen LogP contribution in [0.2, 0.25) is 23.3 Å². The van der Waals surface area contributed by atoms with Gasteiger partial charge < -0.3 is 19.8 Å². The second kappa shape index (κ2) is 9.12. The van der Waals surface area contributed by atoms with E-state index in [1.54, 1.807) is 18.3 Å². The Hall–Kier alpha value is -2.19. The summed E-state index contributed by atoms with van der Waals surface area (Å²) in [5, 5.41) is 15.2. The molecule has 3 aromatic rings. The topological polar surface area (TPSA) is 87.2 Å². The summed E-state index contributed by atoms with van der Waals surface area (Å²) in [6.07, 6.45) is 0.682. The largest absolute Gasteiger partial charge is 0.415 e. The molecule has 0 spiro atoms. The van der Waals surface area contributed by atoms with Crippen LogP contribution >= 0.6 is 11.6 Å². The van der Waals surface area contributed by atoms with Crippen molar-refractivity contribution >= 4 is 36.7 Å². The minimum absolute atomic E-state index is 0.0166. The summed E-state index contributed by atoms with van der Waals surface area (Å²) < 4.78 is 6.34. The third-order valence-corrected chi connectivity index (χ3v) is 10.7. The Bertz CT molecular complexity index is 1050. The number of aliphatic hydroxyl groups excluding tert-OH is 1. The molecular weight excluding hydrogens is 430 g/mol. The van der Waals surface area contributed by atoms with Crippen molar-refractivity contribution in [1.29, 1.82) is 0 Å². The monoisotopic (exact) mass is 459 g/mol.